The summed E-state index contributed by atoms with van der Waals surface area (Å²) in [4.78, 5) is 0. The largest absolute Gasteiger partial charge is 0.313 e. The number of hydrogen-bond acceptors (Lipinski definition) is 1. The molecule has 0 aromatic heterocycles. The summed E-state index contributed by atoms with van der Waals surface area (Å²) in [6, 6.07) is 9.52. The Kier molecular flexibility index (Phi) is 7.09. The van der Waals surface area contributed by atoms with Gasteiger partial charge in [-0.05, 0) is 55.8 Å². The first-order valence-corrected chi connectivity index (χ1v) is 9.06. The molecule has 112 valence electrons. The number of halogens is 1. The lowest BCUT2D eigenvalue weighted by Gasteiger charge is -2.27. The van der Waals surface area contributed by atoms with Crippen LogP contribution < -0.4 is 5.32 Å². The van der Waals surface area contributed by atoms with Crippen LogP contribution in [0.4, 0.5) is 0 Å². The topological polar surface area (TPSA) is 12.0 Å². The normalized spacial score (nSPS) is 18.7. The van der Waals surface area contributed by atoms with Gasteiger partial charge in [0.25, 0.3) is 0 Å². The molecule has 0 amide bonds. The van der Waals surface area contributed by atoms with Gasteiger partial charge < -0.3 is 5.32 Å². The van der Waals surface area contributed by atoms with Crippen molar-refractivity contribution in [2.24, 2.45) is 5.92 Å². The fraction of sp³-hybridized carbons (Fsp3) is 0.667. The second-order valence-corrected chi connectivity index (χ2v) is 7.06. The van der Waals surface area contributed by atoms with Crippen LogP contribution in [0.3, 0.4) is 0 Å². The van der Waals surface area contributed by atoms with E-state index in [2.05, 4.69) is 52.4 Å². The monoisotopic (exact) mass is 337 g/mol. The van der Waals surface area contributed by atoms with Gasteiger partial charge in [0.2, 0.25) is 0 Å². The summed E-state index contributed by atoms with van der Waals surface area (Å²) >= 11 is 3.52. The smallest absolute Gasteiger partial charge is 0.0175 e. The third-order valence-corrected chi connectivity index (χ3v) is 5.02. The highest BCUT2D eigenvalue weighted by atomic mass is 79.9. The Labute approximate surface area is 132 Å². The molecule has 0 bridgehead atoms. The molecule has 1 nitrogen and oxygen atoms in total. The summed E-state index contributed by atoms with van der Waals surface area (Å²) in [5.74, 6) is 0.868. The minimum absolute atomic E-state index is 0.661. The first-order valence-electron chi connectivity index (χ1n) is 8.27. The van der Waals surface area contributed by atoms with Crippen LogP contribution in [-0.4, -0.2) is 12.6 Å². The number of nitrogens with one attached hydrogen (secondary N) is 1. The van der Waals surface area contributed by atoms with Crippen LogP contribution in [0, 0.1) is 5.92 Å². The molecule has 0 heterocycles. The summed E-state index contributed by atoms with van der Waals surface area (Å²) in [7, 11) is 0. The molecule has 1 unspecified atom stereocenters. The molecular weight excluding hydrogens is 310 g/mol. The van der Waals surface area contributed by atoms with E-state index in [0.29, 0.717) is 6.04 Å². The average molecular weight is 338 g/mol. The minimum atomic E-state index is 0.661. The molecule has 0 spiro atoms. The van der Waals surface area contributed by atoms with Gasteiger partial charge in [0.15, 0.2) is 0 Å². The minimum Gasteiger partial charge on any atom is -0.313 e. The molecule has 1 aromatic carbocycles. The maximum absolute atomic E-state index is 3.82. The van der Waals surface area contributed by atoms with Gasteiger partial charge in [-0.25, -0.2) is 0 Å². The second-order valence-electron chi connectivity index (χ2n) is 6.14. The van der Waals surface area contributed by atoms with Crippen LogP contribution in [0.25, 0.3) is 0 Å². The molecule has 1 saturated carbocycles. The summed E-state index contributed by atoms with van der Waals surface area (Å²) < 4.78 is 1.17. The molecule has 1 aromatic rings. The Balaban J connectivity index is 1.99. The SMILES string of the molecule is CCCNC(Cc1ccc(Br)cc1)C1CCCCCC1. The standard InChI is InChI=1S/C18H28BrN/c1-2-13-20-18(16-7-5-3-4-6-8-16)14-15-9-11-17(19)12-10-15/h9-12,16,18,20H,2-8,13-14H2,1H3. The predicted molar refractivity (Wildman–Crippen MR) is 91.1 cm³/mol. The Morgan fingerprint density at radius 2 is 1.75 bits per heavy atom. The van der Waals surface area contributed by atoms with E-state index in [0.717, 1.165) is 12.5 Å². The van der Waals surface area contributed by atoms with Gasteiger partial charge in [-0.15, -0.1) is 0 Å². The van der Waals surface area contributed by atoms with Gasteiger partial charge >= 0.3 is 0 Å². The third kappa shape index (κ3) is 5.21. The van der Waals surface area contributed by atoms with E-state index in [4.69, 9.17) is 0 Å². The summed E-state index contributed by atoms with van der Waals surface area (Å²) in [5.41, 5.74) is 1.46. The maximum Gasteiger partial charge on any atom is 0.0175 e. The Bertz CT molecular complexity index is 366. The predicted octanol–water partition coefficient (Wildman–Crippen LogP) is 5.33. The van der Waals surface area contributed by atoms with Gasteiger partial charge in [-0.1, -0.05) is 60.7 Å². The molecule has 1 aliphatic carbocycles. The van der Waals surface area contributed by atoms with Crippen LogP contribution in [-0.2, 0) is 6.42 Å². The number of hydrogen-bond donors (Lipinski definition) is 1. The van der Waals surface area contributed by atoms with E-state index < -0.39 is 0 Å². The fourth-order valence-electron chi connectivity index (χ4n) is 3.32. The molecular formula is C18H28BrN. The maximum atomic E-state index is 3.82. The van der Waals surface area contributed by atoms with Crippen LogP contribution in [0.2, 0.25) is 0 Å². The number of benzene rings is 1. The van der Waals surface area contributed by atoms with Gasteiger partial charge in [-0.2, -0.15) is 0 Å². The first-order chi connectivity index (χ1) is 9.79. The van der Waals surface area contributed by atoms with Crippen molar-refractivity contribution >= 4 is 15.9 Å². The summed E-state index contributed by atoms with van der Waals surface area (Å²) in [6.45, 7) is 3.41. The quantitative estimate of drug-likeness (QED) is 0.691. The average Bonchev–Trinajstić information content (AvgIpc) is 2.74. The van der Waals surface area contributed by atoms with Crippen molar-refractivity contribution in [2.75, 3.05) is 6.54 Å². The molecule has 0 radical (unpaired) electrons. The molecule has 1 fully saturated rings. The van der Waals surface area contributed by atoms with Crippen molar-refractivity contribution in [3.63, 3.8) is 0 Å². The second kappa shape index (κ2) is 8.84. The van der Waals surface area contributed by atoms with Gasteiger partial charge in [0.05, 0.1) is 0 Å². The Hall–Kier alpha value is -0.340. The zero-order valence-corrected chi connectivity index (χ0v) is 14.3. The van der Waals surface area contributed by atoms with Crippen molar-refractivity contribution < 1.29 is 0 Å². The zero-order chi connectivity index (χ0) is 14.2. The molecule has 1 atom stereocenters. The van der Waals surface area contributed by atoms with E-state index in [-0.39, 0.29) is 0 Å². The molecule has 1 aliphatic rings. The first kappa shape index (κ1) is 16.0. The molecule has 0 saturated heterocycles. The van der Waals surface area contributed by atoms with Crippen LogP contribution in [0.15, 0.2) is 28.7 Å². The van der Waals surface area contributed by atoms with E-state index in [9.17, 15) is 0 Å². The van der Waals surface area contributed by atoms with E-state index in [1.54, 1.807) is 0 Å². The lowest BCUT2D eigenvalue weighted by atomic mass is 9.87. The summed E-state index contributed by atoms with van der Waals surface area (Å²) in [5, 5.41) is 3.82. The van der Waals surface area contributed by atoms with Crippen LogP contribution in [0.5, 0.6) is 0 Å². The lowest BCUT2D eigenvalue weighted by Crippen LogP contribution is -2.38. The Morgan fingerprint density at radius 3 is 2.35 bits per heavy atom. The number of rotatable bonds is 6. The van der Waals surface area contributed by atoms with Crippen molar-refractivity contribution in [3.05, 3.63) is 34.3 Å². The zero-order valence-electron chi connectivity index (χ0n) is 12.7. The van der Waals surface area contributed by atoms with Gasteiger partial charge in [0.1, 0.15) is 0 Å². The van der Waals surface area contributed by atoms with Gasteiger partial charge in [-0.3, -0.25) is 0 Å². The molecule has 2 heteroatoms. The van der Waals surface area contributed by atoms with Crippen molar-refractivity contribution in [3.8, 4) is 0 Å². The molecule has 1 N–H and O–H groups in total. The van der Waals surface area contributed by atoms with E-state index in [1.165, 1.54) is 61.4 Å². The van der Waals surface area contributed by atoms with Crippen LogP contribution in [0.1, 0.15) is 57.4 Å². The lowest BCUT2D eigenvalue weighted by molar-refractivity contribution is 0.317. The van der Waals surface area contributed by atoms with Crippen molar-refractivity contribution in [2.45, 2.75) is 64.3 Å². The molecule has 20 heavy (non-hydrogen) atoms. The highest BCUT2D eigenvalue weighted by molar-refractivity contribution is 9.10. The Morgan fingerprint density at radius 1 is 1.10 bits per heavy atom. The van der Waals surface area contributed by atoms with E-state index in [1.807, 2.05) is 0 Å². The van der Waals surface area contributed by atoms with Crippen LogP contribution >= 0.6 is 15.9 Å². The molecule has 2 rings (SSSR count). The van der Waals surface area contributed by atoms with Crippen molar-refractivity contribution in [1.29, 1.82) is 0 Å². The molecule has 0 aliphatic heterocycles. The van der Waals surface area contributed by atoms with Crippen molar-refractivity contribution in [1.82, 2.24) is 5.32 Å². The van der Waals surface area contributed by atoms with E-state index >= 15 is 0 Å². The highest BCUT2D eigenvalue weighted by Crippen LogP contribution is 2.27. The highest BCUT2D eigenvalue weighted by Gasteiger charge is 2.22. The van der Waals surface area contributed by atoms with Gasteiger partial charge in [0, 0.05) is 10.5 Å². The summed E-state index contributed by atoms with van der Waals surface area (Å²) in [6.07, 6.45) is 11.0. The fourth-order valence-corrected chi connectivity index (χ4v) is 3.59. The third-order valence-electron chi connectivity index (χ3n) is 4.49.